The van der Waals surface area contributed by atoms with E-state index in [1.807, 2.05) is 0 Å². The average Bonchev–Trinajstić information content (AvgIpc) is 2.76. The lowest BCUT2D eigenvalue weighted by Gasteiger charge is -2.36. The van der Waals surface area contributed by atoms with Crippen molar-refractivity contribution in [3.8, 4) is 0 Å². The first-order valence-corrected chi connectivity index (χ1v) is 7.08. The highest BCUT2D eigenvalue weighted by Crippen LogP contribution is 2.21. The van der Waals surface area contributed by atoms with Gasteiger partial charge >= 0.3 is 12.0 Å². The minimum atomic E-state index is -0.789. The molecule has 0 saturated carbocycles. The Labute approximate surface area is 118 Å². The van der Waals surface area contributed by atoms with Gasteiger partial charge in [0.1, 0.15) is 0 Å². The summed E-state index contributed by atoms with van der Waals surface area (Å²) in [6, 6.07) is -0.0133. The number of amides is 2. The van der Waals surface area contributed by atoms with Crippen molar-refractivity contribution < 1.29 is 19.8 Å². The number of carbonyl (C=O) groups is 2. The highest BCUT2D eigenvalue weighted by atomic mass is 16.4. The third kappa shape index (κ3) is 3.83. The molecular formula is C13H23N3O4. The number of nitrogens with zero attached hydrogens (tertiary/aromatic N) is 3. The van der Waals surface area contributed by atoms with Crippen molar-refractivity contribution in [1.29, 1.82) is 0 Å². The largest absolute Gasteiger partial charge is 0.481 e. The van der Waals surface area contributed by atoms with Crippen molar-refractivity contribution in [3.63, 3.8) is 0 Å². The summed E-state index contributed by atoms with van der Waals surface area (Å²) in [6.45, 7) is 5.96. The Balaban J connectivity index is 1.76. The van der Waals surface area contributed by atoms with Crippen LogP contribution in [0.1, 0.15) is 19.8 Å². The van der Waals surface area contributed by atoms with Crippen molar-refractivity contribution in [2.75, 3.05) is 45.8 Å². The Bertz CT molecular complexity index is 378. The smallest absolute Gasteiger partial charge is 0.320 e. The molecule has 1 unspecified atom stereocenters. The van der Waals surface area contributed by atoms with Gasteiger partial charge in [-0.05, 0) is 13.3 Å². The van der Waals surface area contributed by atoms with Crippen LogP contribution in [-0.2, 0) is 4.79 Å². The van der Waals surface area contributed by atoms with E-state index in [1.54, 1.807) is 16.7 Å². The number of urea groups is 1. The molecule has 0 radical (unpaired) electrons. The van der Waals surface area contributed by atoms with Gasteiger partial charge in [-0.1, -0.05) is 0 Å². The number of aliphatic hydroxyl groups is 1. The summed E-state index contributed by atoms with van der Waals surface area (Å²) in [7, 11) is 0. The third-order valence-electron chi connectivity index (χ3n) is 4.01. The molecule has 0 aromatic rings. The fourth-order valence-corrected chi connectivity index (χ4v) is 2.72. The van der Waals surface area contributed by atoms with Crippen LogP contribution in [0.25, 0.3) is 0 Å². The predicted molar refractivity (Wildman–Crippen MR) is 72.5 cm³/mol. The number of carboxylic acids is 1. The second-order valence-corrected chi connectivity index (χ2v) is 5.92. The molecule has 0 aliphatic carbocycles. The average molecular weight is 285 g/mol. The zero-order chi connectivity index (χ0) is 14.8. The molecule has 2 fully saturated rings. The van der Waals surface area contributed by atoms with Crippen LogP contribution in [0.15, 0.2) is 0 Å². The van der Waals surface area contributed by atoms with E-state index >= 15 is 0 Å². The molecule has 2 rings (SSSR count). The normalized spacial score (nSPS) is 27.9. The highest BCUT2D eigenvalue weighted by Gasteiger charge is 2.36. The zero-order valence-corrected chi connectivity index (χ0v) is 11.9. The van der Waals surface area contributed by atoms with Gasteiger partial charge in [0.25, 0.3) is 0 Å². The minimum absolute atomic E-state index is 0.0133. The molecule has 7 heteroatoms. The molecule has 2 aliphatic heterocycles. The third-order valence-corrected chi connectivity index (χ3v) is 4.01. The van der Waals surface area contributed by atoms with Gasteiger partial charge < -0.3 is 20.0 Å². The number of carbonyl (C=O) groups excluding carboxylic acids is 1. The van der Waals surface area contributed by atoms with Crippen LogP contribution in [0.2, 0.25) is 0 Å². The number of carboxylic acid groups (broad SMARTS) is 1. The zero-order valence-electron chi connectivity index (χ0n) is 11.9. The van der Waals surface area contributed by atoms with Crippen LogP contribution in [-0.4, -0.2) is 88.3 Å². The van der Waals surface area contributed by atoms with Crippen LogP contribution in [0.4, 0.5) is 4.79 Å². The van der Waals surface area contributed by atoms with E-state index in [-0.39, 0.29) is 12.5 Å². The Morgan fingerprint density at radius 1 is 1.10 bits per heavy atom. The quantitative estimate of drug-likeness (QED) is 0.741. The maximum Gasteiger partial charge on any atom is 0.320 e. The topological polar surface area (TPSA) is 84.3 Å². The molecule has 2 heterocycles. The summed E-state index contributed by atoms with van der Waals surface area (Å²) in [6.07, 6.45) is 0.764. The molecular weight excluding hydrogens is 262 g/mol. The van der Waals surface area contributed by atoms with E-state index in [0.29, 0.717) is 52.2 Å². The van der Waals surface area contributed by atoms with E-state index in [4.69, 9.17) is 5.11 Å². The molecule has 1 atom stereocenters. The van der Waals surface area contributed by atoms with Crippen LogP contribution in [0.3, 0.4) is 0 Å². The van der Waals surface area contributed by atoms with Crippen LogP contribution in [0.5, 0.6) is 0 Å². The van der Waals surface area contributed by atoms with Gasteiger partial charge in [-0.2, -0.15) is 0 Å². The number of rotatable bonds is 3. The predicted octanol–water partition coefficient (Wildman–Crippen LogP) is -0.345. The highest BCUT2D eigenvalue weighted by molar-refractivity contribution is 5.75. The fraction of sp³-hybridized carbons (Fsp3) is 0.846. The minimum Gasteiger partial charge on any atom is -0.481 e. The SMILES string of the molecule is CC1(O)CCN(C(=O)N2CCN(CCC(=O)O)CC2)C1. The molecule has 20 heavy (non-hydrogen) atoms. The lowest BCUT2D eigenvalue weighted by atomic mass is 10.1. The van der Waals surface area contributed by atoms with E-state index in [9.17, 15) is 14.7 Å². The summed E-state index contributed by atoms with van der Waals surface area (Å²) in [5.74, 6) is -0.789. The van der Waals surface area contributed by atoms with Gasteiger partial charge in [0.15, 0.2) is 0 Å². The summed E-state index contributed by atoms with van der Waals surface area (Å²) >= 11 is 0. The molecule has 2 saturated heterocycles. The molecule has 2 aliphatic rings. The molecule has 0 spiro atoms. The molecule has 0 aromatic carbocycles. The molecule has 114 valence electrons. The Hall–Kier alpha value is -1.34. The van der Waals surface area contributed by atoms with Gasteiger partial charge in [-0.15, -0.1) is 0 Å². The maximum absolute atomic E-state index is 12.3. The number of likely N-dealkylation sites (tertiary alicyclic amines) is 1. The van der Waals surface area contributed by atoms with E-state index in [1.165, 1.54) is 0 Å². The van der Waals surface area contributed by atoms with Crippen LogP contribution < -0.4 is 0 Å². The molecule has 2 N–H and O–H groups in total. The van der Waals surface area contributed by atoms with Crippen molar-refractivity contribution in [1.82, 2.24) is 14.7 Å². The van der Waals surface area contributed by atoms with Gasteiger partial charge in [0, 0.05) is 39.3 Å². The van der Waals surface area contributed by atoms with Gasteiger partial charge in [0.05, 0.1) is 18.6 Å². The second kappa shape index (κ2) is 5.97. The van der Waals surface area contributed by atoms with E-state index < -0.39 is 11.6 Å². The van der Waals surface area contributed by atoms with E-state index in [0.717, 1.165) is 0 Å². The summed E-state index contributed by atoms with van der Waals surface area (Å²) < 4.78 is 0. The van der Waals surface area contributed by atoms with Gasteiger partial charge in [-0.25, -0.2) is 4.79 Å². The Morgan fingerprint density at radius 2 is 1.75 bits per heavy atom. The first-order valence-electron chi connectivity index (χ1n) is 7.08. The van der Waals surface area contributed by atoms with Crippen LogP contribution >= 0.6 is 0 Å². The van der Waals surface area contributed by atoms with Crippen molar-refractivity contribution in [3.05, 3.63) is 0 Å². The lowest BCUT2D eigenvalue weighted by Crippen LogP contribution is -2.53. The van der Waals surface area contributed by atoms with Crippen molar-refractivity contribution >= 4 is 12.0 Å². The lowest BCUT2D eigenvalue weighted by molar-refractivity contribution is -0.137. The number of β-amino-alcohol motifs (C(OH)–C–C–N with tert-alkyl or cyclic N) is 1. The monoisotopic (exact) mass is 285 g/mol. The number of piperazine rings is 1. The Kier molecular flexibility index (Phi) is 4.49. The second-order valence-electron chi connectivity index (χ2n) is 5.92. The molecule has 0 bridgehead atoms. The number of hydrogen-bond acceptors (Lipinski definition) is 4. The Morgan fingerprint density at radius 3 is 2.25 bits per heavy atom. The maximum atomic E-state index is 12.3. The van der Waals surface area contributed by atoms with Crippen LogP contribution in [0, 0.1) is 0 Å². The first kappa shape index (κ1) is 15.1. The van der Waals surface area contributed by atoms with Gasteiger partial charge in [-0.3, -0.25) is 9.69 Å². The fourth-order valence-electron chi connectivity index (χ4n) is 2.72. The molecule has 2 amide bonds. The first-order chi connectivity index (χ1) is 9.37. The standard InChI is InChI=1S/C13H23N3O4/c1-13(20)3-5-16(10-13)12(19)15-8-6-14(7-9-15)4-2-11(17)18/h20H,2-10H2,1H3,(H,17,18). The van der Waals surface area contributed by atoms with Crippen molar-refractivity contribution in [2.45, 2.75) is 25.4 Å². The summed E-state index contributed by atoms with van der Waals surface area (Å²) in [4.78, 5) is 28.4. The van der Waals surface area contributed by atoms with Gasteiger partial charge in [0.2, 0.25) is 0 Å². The summed E-state index contributed by atoms with van der Waals surface area (Å²) in [5.41, 5.74) is -0.765. The number of hydrogen-bond donors (Lipinski definition) is 2. The number of aliphatic carboxylic acids is 1. The van der Waals surface area contributed by atoms with E-state index in [2.05, 4.69) is 4.90 Å². The molecule has 0 aromatic heterocycles. The summed E-state index contributed by atoms with van der Waals surface area (Å²) in [5, 5.41) is 18.6. The van der Waals surface area contributed by atoms with Crippen molar-refractivity contribution in [2.24, 2.45) is 0 Å². The molecule has 7 nitrogen and oxygen atoms in total.